The van der Waals surface area contributed by atoms with E-state index in [1.165, 1.54) is 18.4 Å². The van der Waals surface area contributed by atoms with E-state index >= 15 is 0 Å². The lowest BCUT2D eigenvalue weighted by Gasteiger charge is -2.24. The van der Waals surface area contributed by atoms with Crippen LogP contribution in [0.2, 0.25) is 0 Å². The summed E-state index contributed by atoms with van der Waals surface area (Å²) < 4.78 is 0. The molecule has 0 bridgehead atoms. The van der Waals surface area contributed by atoms with E-state index < -0.39 is 0 Å². The first-order chi connectivity index (χ1) is 4.90. The van der Waals surface area contributed by atoms with Crippen LogP contribution in [0.15, 0.2) is 5.57 Å². The minimum Gasteiger partial charge on any atom is -0.0555 e. The third kappa shape index (κ3) is 1.40. The predicted octanol–water partition coefficient (Wildman–Crippen LogP) is 3.36. The Bertz CT molecular complexity index is 199. The number of rotatable bonds is 0. The maximum atomic E-state index is 4.92. The van der Waals surface area contributed by atoms with Crippen LogP contribution >= 0.6 is 12.2 Å². The van der Waals surface area contributed by atoms with E-state index in [0.717, 1.165) is 0 Å². The van der Waals surface area contributed by atoms with Crippen LogP contribution in [0.3, 0.4) is 0 Å². The van der Waals surface area contributed by atoms with Crippen LogP contribution in [0, 0.1) is 10.8 Å². The first kappa shape index (κ1) is 8.96. The fraction of sp³-hybridized carbons (Fsp3) is 0.800. The average molecular weight is 168 g/mol. The highest BCUT2D eigenvalue weighted by molar-refractivity contribution is 7.78. The summed E-state index contributed by atoms with van der Waals surface area (Å²) >= 11 is 4.92. The summed E-state index contributed by atoms with van der Waals surface area (Å²) in [4.78, 5) is 0. The van der Waals surface area contributed by atoms with Crippen molar-refractivity contribution in [3.8, 4) is 0 Å². The molecule has 1 aliphatic carbocycles. The Labute approximate surface area is 74.7 Å². The van der Waals surface area contributed by atoms with E-state index in [4.69, 9.17) is 12.2 Å². The minimum absolute atomic E-state index is 0.297. The second-order valence-electron chi connectivity index (χ2n) is 4.74. The topological polar surface area (TPSA) is 0 Å². The van der Waals surface area contributed by atoms with Crippen LogP contribution in [-0.2, 0) is 0 Å². The van der Waals surface area contributed by atoms with Crippen molar-refractivity contribution in [3.05, 3.63) is 5.57 Å². The Morgan fingerprint density at radius 2 is 1.45 bits per heavy atom. The summed E-state index contributed by atoms with van der Waals surface area (Å²) in [7, 11) is 0. The van der Waals surface area contributed by atoms with Crippen LogP contribution in [0.4, 0.5) is 0 Å². The highest BCUT2D eigenvalue weighted by atomic mass is 32.1. The zero-order valence-electron chi connectivity index (χ0n) is 7.82. The smallest absolute Gasteiger partial charge is 0.00545 e. The average Bonchev–Trinajstić information content (AvgIpc) is 2.03. The second kappa shape index (κ2) is 2.43. The standard InChI is InChI=1S/C10H16S/c1-9(2)5-6-10(3,4)8(9)7-11/h5-6H2,1-4H3. The van der Waals surface area contributed by atoms with Gasteiger partial charge in [-0.25, -0.2) is 0 Å². The number of hydrogen-bond donors (Lipinski definition) is 0. The molecule has 0 aromatic heterocycles. The van der Waals surface area contributed by atoms with Crippen molar-refractivity contribution < 1.29 is 0 Å². The Morgan fingerprint density at radius 1 is 1.09 bits per heavy atom. The maximum absolute atomic E-state index is 4.92. The monoisotopic (exact) mass is 168 g/mol. The first-order valence-electron chi connectivity index (χ1n) is 4.16. The zero-order chi connectivity index (χ0) is 8.70. The molecule has 0 spiro atoms. The van der Waals surface area contributed by atoms with Gasteiger partial charge >= 0.3 is 0 Å². The van der Waals surface area contributed by atoms with Gasteiger partial charge in [-0.3, -0.25) is 0 Å². The summed E-state index contributed by atoms with van der Waals surface area (Å²) in [5, 5.41) is 2.94. The van der Waals surface area contributed by atoms with Crippen molar-refractivity contribution in [3.63, 3.8) is 0 Å². The van der Waals surface area contributed by atoms with Gasteiger partial charge in [-0.15, -0.1) is 0 Å². The van der Waals surface area contributed by atoms with Gasteiger partial charge in [-0.2, -0.15) is 0 Å². The summed E-state index contributed by atoms with van der Waals surface area (Å²) in [5.41, 5.74) is 1.93. The van der Waals surface area contributed by atoms with Gasteiger partial charge in [-0.1, -0.05) is 27.7 Å². The summed E-state index contributed by atoms with van der Waals surface area (Å²) in [6.07, 6.45) is 2.50. The minimum atomic E-state index is 0.297. The molecule has 1 rings (SSSR count). The molecule has 0 atom stereocenters. The lowest BCUT2D eigenvalue weighted by Crippen LogP contribution is -2.16. The highest BCUT2D eigenvalue weighted by Crippen LogP contribution is 2.51. The third-order valence-corrected chi connectivity index (χ3v) is 3.03. The second-order valence-corrected chi connectivity index (χ2v) is 4.95. The molecule has 62 valence electrons. The van der Waals surface area contributed by atoms with Crippen molar-refractivity contribution in [1.82, 2.24) is 0 Å². The van der Waals surface area contributed by atoms with E-state index in [9.17, 15) is 0 Å². The van der Waals surface area contributed by atoms with Gasteiger partial charge in [0.05, 0.1) is 0 Å². The first-order valence-corrected chi connectivity index (χ1v) is 4.57. The summed E-state index contributed by atoms with van der Waals surface area (Å²) in [6, 6.07) is 0. The predicted molar refractivity (Wildman–Crippen MR) is 52.9 cm³/mol. The van der Waals surface area contributed by atoms with Crippen LogP contribution in [0.25, 0.3) is 0 Å². The summed E-state index contributed by atoms with van der Waals surface area (Å²) in [5.74, 6) is 0. The molecule has 0 saturated heterocycles. The van der Waals surface area contributed by atoms with Gasteiger partial charge in [0.1, 0.15) is 0 Å². The molecule has 0 aliphatic heterocycles. The third-order valence-electron chi connectivity index (χ3n) is 2.83. The number of thiocarbonyl (C=S) groups is 1. The van der Waals surface area contributed by atoms with Gasteiger partial charge in [0.2, 0.25) is 0 Å². The molecular formula is C10H16S. The lowest BCUT2D eigenvalue weighted by atomic mass is 9.79. The Morgan fingerprint density at radius 3 is 1.64 bits per heavy atom. The van der Waals surface area contributed by atoms with E-state index in [1.807, 2.05) is 0 Å². The Balaban J connectivity index is 3.09. The molecule has 0 aromatic carbocycles. The molecule has 1 heteroatoms. The summed E-state index contributed by atoms with van der Waals surface area (Å²) in [6.45, 7) is 9.04. The van der Waals surface area contributed by atoms with Gasteiger partial charge in [0.15, 0.2) is 0 Å². The zero-order valence-corrected chi connectivity index (χ0v) is 8.64. The molecule has 0 unspecified atom stereocenters. The largest absolute Gasteiger partial charge is 0.0555 e. The van der Waals surface area contributed by atoms with Crippen LogP contribution in [-0.4, -0.2) is 5.02 Å². The molecule has 1 aliphatic rings. The molecule has 1 saturated carbocycles. The van der Waals surface area contributed by atoms with Gasteiger partial charge < -0.3 is 0 Å². The lowest BCUT2D eigenvalue weighted by molar-refractivity contribution is 0.454. The van der Waals surface area contributed by atoms with Crippen molar-refractivity contribution in [2.24, 2.45) is 10.8 Å². The van der Waals surface area contributed by atoms with Crippen molar-refractivity contribution in [1.29, 1.82) is 0 Å². The Kier molecular flexibility index (Phi) is 1.98. The molecule has 0 N–H and O–H groups in total. The number of hydrogen-bond acceptors (Lipinski definition) is 1. The van der Waals surface area contributed by atoms with Crippen LogP contribution < -0.4 is 0 Å². The van der Waals surface area contributed by atoms with E-state index in [0.29, 0.717) is 10.8 Å². The SMILES string of the molecule is CC1(C)CCC(C)(C)C1=C=S. The molecular weight excluding hydrogens is 152 g/mol. The maximum Gasteiger partial charge on any atom is -0.00545 e. The molecule has 1 fully saturated rings. The van der Waals surface area contributed by atoms with E-state index in [1.54, 1.807) is 0 Å². The van der Waals surface area contributed by atoms with Crippen molar-refractivity contribution in [2.75, 3.05) is 0 Å². The number of allylic oxidation sites excluding steroid dienone is 1. The van der Waals surface area contributed by atoms with Gasteiger partial charge in [0.25, 0.3) is 0 Å². The van der Waals surface area contributed by atoms with Crippen molar-refractivity contribution >= 4 is 17.2 Å². The fourth-order valence-electron chi connectivity index (χ4n) is 2.07. The quantitative estimate of drug-likeness (QED) is 0.500. The molecule has 0 radical (unpaired) electrons. The van der Waals surface area contributed by atoms with Gasteiger partial charge in [-0.05, 0) is 46.5 Å². The van der Waals surface area contributed by atoms with Crippen LogP contribution in [0.5, 0.6) is 0 Å². The Hall–Kier alpha value is -0.130. The van der Waals surface area contributed by atoms with E-state index in [2.05, 4.69) is 32.7 Å². The fourth-order valence-corrected chi connectivity index (χ4v) is 2.62. The highest BCUT2D eigenvalue weighted by Gasteiger charge is 2.41. The van der Waals surface area contributed by atoms with Gasteiger partial charge in [0, 0.05) is 0 Å². The van der Waals surface area contributed by atoms with Crippen molar-refractivity contribution in [2.45, 2.75) is 40.5 Å². The normalized spacial score (nSPS) is 26.7. The van der Waals surface area contributed by atoms with E-state index in [-0.39, 0.29) is 0 Å². The molecule has 0 aromatic rings. The molecule has 0 heterocycles. The molecule has 0 amide bonds. The molecule has 11 heavy (non-hydrogen) atoms. The van der Waals surface area contributed by atoms with Crippen LogP contribution in [0.1, 0.15) is 40.5 Å². The molecule has 0 nitrogen and oxygen atoms in total.